The number of aryl methyl sites for hydroxylation is 1. The van der Waals surface area contributed by atoms with E-state index in [1.165, 1.54) is 28.3 Å². The standard InChI is InChI=1S/C15H16FN3OS.ClH/c16-10-3-1-9(2-4-10)7-14(20)19-15-18-12-6-5-11(17)8-13(12)21-15;/h1-4,11H,5-8,17H2,(H,18,19,20);1H/t11-;/m0./s1. The monoisotopic (exact) mass is 341 g/mol. The maximum atomic E-state index is 12.8. The highest BCUT2D eigenvalue weighted by molar-refractivity contribution is 7.15. The van der Waals surface area contributed by atoms with E-state index in [1.54, 1.807) is 12.1 Å². The maximum absolute atomic E-state index is 12.8. The van der Waals surface area contributed by atoms with Gasteiger partial charge in [0, 0.05) is 10.9 Å². The van der Waals surface area contributed by atoms with Crippen LogP contribution < -0.4 is 11.1 Å². The molecule has 0 spiro atoms. The molecule has 1 aliphatic carbocycles. The molecule has 1 heterocycles. The van der Waals surface area contributed by atoms with Gasteiger partial charge in [-0.25, -0.2) is 9.37 Å². The van der Waals surface area contributed by atoms with Crippen molar-refractivity contribution in [3.05, 3.63) is 46.2 Å². The summed E-state index contributed by atoms with van der Waals surface area (Å²) >= 11 is 1.50. The lowest BCUT2D eigenvalue weighted by molar-refractivity contribution is -0.115. The lowest BCUT2D eigenvalue weighted by Gasteiger charge is -2.15. The summed E-state index contributed by atoms with van der Waals surface area (Å²) in [7, 11) is 0. The van der Waals surface area contributed by atoms with Gasteiger partial charge >= 0.3 is 0 Å². The third-order valence-electron chi connectivity index (χ3n) is 3.50. The molecule has 1 amide bonds. The Balaban J connectivity index is 0.00000176. The van der Waals surface area contributed by atoms with Crippen molar-refractivity contribution < 1.29 is 9.18 Å². The molecular formula is C15H17ClFN3OS. The third-order valence-corrected chi connectivity index (χ3v) is 4.54. The van der Waals surface area contributed by atoms with Gasteiger partial charge in [0.1, 0.15) is 5.82 Å². The molecule has 0 saturated heterocycles. The molecule has 0 saturated carbocycles. The number of carbonyl (C=O) groups is 1. The van der Waals surface area contributed by atoms with Crippen LogP contribution in [0, 0.1) is 5.82 Å². The molecule has 1 atom stereocenters. The fourth-order valence-corrected chi connectivity index (χ4v) is 3.52. The van der Waals surface area contributed by atoms with E-state index in [1.807, 2.05) is 0 Å². The highest BCUT2D eigenvalue weighted by atomic mass is 35.5. The molecule has 0 fully saturated rings. The fraction of sp³-hybridized carbons (Fsp3) is 0.333. The Labute approximate surface area is 138 Å². The summed E-state index contributed by atoms with van der Waals surface area (Å²) in [6.07, 6.45) is 2.87. The Morgan fingerprint density at radius 2 is 2.14 bits per heavy atom. The Kier molecular flexibility index (Phi) is 5.50. The Morgan fingerprint density at radius 1 is 1.41 bits per heavy atom. The van der Waals surface area contributed by atoms with Gasteiger partial charge in [-0.1, -0.05) is 12.1 Å². The van der Waals surface area contributed by atoms with Crippen LogP contribution in [0.3, 0.4) is 0 Å². The summed E-state index contributed by atoms with van der Waals surface area (Å²) in [5, 5.41) is 3.44. The average molecular weight is 342 g/mol. The second kappa shape index (κ2) is 7.17. The van der Waals surface area contributed by atoms with Crippen LogP contribution in [0.1, 0.15) is 22.6 Å². The molecule has 0 aliphatic heterocycles. The molecule has 1 aliphatic rings. The first-order chi connectivity index (χ1) is 10.1. The van der Waals surface area contributed by atoms with Gasteiger partial charge in [0.2, 0.25) is 5.91 Å². The van der Waals surface area contributed by atoms with Crippen molar-refractivity contribution >= 4 is 34.8 Å². The number of carbonyl (C=O) groups excluding carboxylic acids is 1. The van der Waals surface area contributed by atoms with Crippen LogP contribution in [-0.4, -0.2) is 16.9 Å². The van der Waals surface area contributed by atoms with Crippen molar-refractivity contribution in [2.24, 2.45) is 5.73 Å². The average Bonchev–Trinajstić information content (AvgIpc) is 2.82. The van der Waals surface area contributed by atoms with Crippen molar-refractivity contribution in [1.82, 2.24) is 4.98 Å². The van der Waals surface area contributed by atoms with Crippen molar-refractivity contribution in [3.63, 3.8) is 0 Å². The molecule has 7 heteroatoms. The van der Waals surface area contributed by atoms with Crippen LogP contribution in [0.25, 0.3) is 0 Å². The molecule has 4 nitrogen and oxygen atoms in total. The minimum absolute atomic E-state index is 0. The topological polar surface area (TPSA) is 68.0 Å². The van der Waals surface area contributed by atoms with Gasteiger partial charge in [0.15, 0.2) is 5.13 Å². The highest BCUT2D eigenvalue weighted by Crippen LogP contribution is 2.29. The van der Waals surface area contributed by atoms with E-state index < -0.39 is 0 Å². The van der Waals surface area contributed by atoms with Gasteiger partial charge in [-0.15, -0.1) is 23.7 Å². The van der Waals surface area contributed by atoms with E-state index in [2.05, 4.69) is 10.3 Å². The number of benzene rings is 1. The zero-order valence-electron chi connectivity index (χ0n) is 11.8. The number of hydrogen-bond acceptors (Lipinski definition) is 4. The van der Waals surface area contributed by atoms with E-state index in [0.717, 1.165) is 30.5 Å². The number of nitrogens with one attached hydrogen (secondary N) is 1. The minimum Gasteiger partial charge on any atom is -0.327 e. The highest BCUT2D eigenvalue weighted by Gasteiger charge is 2.20. The number of aromatic nitrogens is 1. The number of halogens is 2. The van der Waals surface area contributed by atoms with Crippen LogP contribution in [-0.2, 0) is 24.1 Å². The van der Waals surface area contributed by atoms with Gasteiger partial charge in [-0.2, -0.15) is 0 Å². The summed E-state index contributed by atoms with van der Waals surface area (Å²) in [5.41, 5.74) is 7.77. The smallest absolute Gasteiger partial charge is 0.230 e. The summed E-state index contributed by atoms with van der Waals surface area (Å²) in [6, 6.07) is 6.13. The predicted molar refractivity (Wildman–Crippen MR) is 88.1 cm³/mol. The first kappa shape index (κ1) is 16.9. The second-order valence-corrected chi connectivity index (χ2v) is 6.33. The number of thiazole rings is 1. The van der Waals surface area contributed by atoms with E-state index in [-0.39, 0.29) is 36.6 Å². The van der Waals surface area contributed by atoms with Gasteiger partial charge in [0.05, 0.1) is 12.1 Å². The van der Waals surface area contributed by atoms with Crippen LogP contribution in [0.4, 0.5) is 9.52 Å². The van der Waals surface area contributed by atoms with Crippen LogP contribution >= 0.6 is 23.7 Å². The van der Waals surface area contributed by atoms with Crippen LogP contribution in [0.2, 0.25) is 0 Å². The largest absolute Gasteiger partial charge is 0.327 e. The molecule has 1 aromatic carbocycles. The lowest BCUT2D eigenvalue weighted by Crippen LogP contribution is -2.27. The summed E-state index contributed by atoms with van der Waals surface area (Å²) < 4.78 is 12.8. The number of anilines is 1. The third kappa shape index (κ3) is 4.03. The predicted octanol–water partition coefficient (Wildman–Crippen LogP) is 2.70. The molecular weight excluding hydrogens is 325 g/mol. The fourth-order valence-electron chi connectivity index (χ4n) is 2.41. The number of nitrogens with zero attached hydrogens (tertiary/aromatic N) is 1. The Bertz CT molecular complexity index is 659. The van der Waals surface area contributed by atoms with Crippen LogP contribution in [0.5, 0.6) is 0 Å². The van der Waals surface area contributed by atoms with Gasteiger partial charge < -0.3 is 11.1 Å². The first-order valence-electron chi connectivity index (χ1n) is 6.88. The summed E-state index contributed by atoms with van der Waals surface area (Å²) in [6.45, 7) is 0. The number of hydrogen-bond donors (Lipinski definition) is 2. The van der Waals surface area contributed by atoms with E-state index >= 15 is 0 Å². The molecule has 0 radical (unpaired) electrons. The van der Waals surface area contributed by atoms with E-state index in [4.69, 9.17) is 5.73 Å². The van der Waals surface area contributed by atoms with Gasteiger partial charge in [0.25, 0.3) is 0 Å². The van der Waals surface area contributed by atoms with E-state index in [9.17, 15) is 9.18 Å². The quantitative estimate of drug-likeness (QED) is 0.902. The lowest BCUT2D eigenvalue weighted by atomic mass is 9.99. The van der Waals surface area contributed by atoms with Crippen molar-refractivity contribution in [2.45, 2.75) is 31.7 Å². The molecule has 1 aromatic heterocycles. The molecule has 0 unspecified atom stereocenters. The van der Waals surface area contributed by atoms with Crippen molar-refractivity contribution in [1.29, 1.82) is 0 Å². The second-order valence-electron chi connectivity index (χ2n) is 5.24. The molecule has 2 aromatic rings. The van der Waals surface area contributed by atoms with Crippen LogP contribution in [0.15, 0.2) is 24.3 Å². The zero-order chi connectivity index (χ0) is 14.8. The molecule has 22 heavy (non-hydrogen) atoms. The number of fused-ring (bicyclic) bond motifs is 1. The van der Waals surface area contributed by atoms with E-state index in [0.29, 0.717) is 5.13 Å². The number of amides is 1. The summed E-state index contributed by atoms with van der Waals surface area (Å²) in [4.78, 5) is 17.6. The van der Waals surface area contributed by atoms with Crippen molar-refractivity contribution in [3.8, 4) is 0 Å². The number of nitrogens with two attached hydrogens (primary N) is 1. The molecule has 3 rings (SSSR count). The number of rotatable bonds is 3. The molecule has 3 N–H and O–H groups in total. The van der Waals surface area contributed by atoms with Crippen molar-refractivity contribution in [2.75, 3.05) is 5.32 Å². The SMILES string of the molecule is Cl.N[C@H]1CCc2nc(NC(=O)Cc3ccc(F)cc3)sc2C1. The zero-order valence-corrected chi connectivity index (χ0v) is 13.5. The Hall–Kier alpha value is -1.50. The first-order valence-corrected chi connectivity index (χ1v) is 7.70. The van der Waals surface area contributed by atoms with Gasteiger partial charge in [-0.3, -0.25) is 4.79 Å². The summed E-state index contributed by atoms with van der Waals surface area (Å²) in [5.74, 6) is -0.444. The maximum Gasteiger partial charge on any atom is 0.230 e. The van der Waals surface area contributed by atoms with Gasteiger partial charge in [-0.05, 0) is 37.0 Å². The minimum atomic E-state index is -0.303. The molecule has 118 valence electrons. The normalized spacial score (nSPS) is 16.5. The Morgan fingerprint density at radius 3 is 2.86 bits per heavy atom. The molecule has 0 bridgehead atoms.